The Morgan fingerprint density at radius 1 is 1.38 bits per heavy atom. The number of unbranched alkanes of at least 4 members (excludes halogenated alkanes) is 1. The lowest BCUT2D eigenvalue weighted by atomic mass is 10.2. The molecule has 8 nitrogen and oxygen atoms in total. The Morgan fingerprint density at radius 2 is 2.19 bits per heavy atom. The molecular weight excluding hydrogens is 378 g/mol. The quantitative estimate of drug-likeness (QED) is 0.466. The lowest BCUT2D eigenvalue weighted by Gasteiger charge is -2.05. The highest BCUT2D eigenvalue weighted by Crippen LogP contribution is 2.31. The average Bonchev–Trinajstić information content (AvgIpc) is 3.09. The summed E-state index contributed by atoms with van der Waals surface area (Å²) in [5.74, 6) is 0.675. The van der Waals surface area contributed by atoms with Gasteiger partial charge in [0.2, 0.25) is 11.1 Å². The molecule has 0 saturated carbocycles. The van der Waals surface area contributed by atoms with Gasteiger partial charge in [-0.25, -0.2) is 9.78 Å². The number of H-pyrrole nitrogens is 1. The summed E-state index contributed by atoms with van der Waals surface area (Å²) in [5.41, 5.74) is 0.666. The van der Waals surface area contributed by atoms with Crippen LogP contribution in [0.2, 0.25) is 5.02 Å². The van der Waals surface area contributed by atoms with E-state index >= 15 is 0 Å². The fourth-order valence-corrected chi connectivity index (χ4v) is 2.78. The Balaban J connectivity index is 1.90. The molecule has 2 aromatic rings. The van der Waals surface area contributed by atoms with Gasteiger partial charge in [-0.1, -0.05) is 36.7 Å². The second-order valence-corrected chi connectivity index (χ2v) is 6.64. The molecular formula is C16H20ClN5O3S. The molecule has 0 fully saturated rings. The van der Waals surface area contributed by atoms with E-state index in [1.165, 1.54) is 0 Å². The molecule has 0 aliphatic carbocycles. The summed E-state index contributed by atoms with van der Waals surface area (Å²) in [6.45, 7) is 2.56. The molecule has 0 radical (unpaired) electrons. The van der Waals surface area contributed by atoms with E-state index in [9.17, 15) is 9.59 Å². The number of urea groups is 1. The smallest absolute Gasteiger partial charge is 0.321 e. The van der Waals surface area contributed by atoms with Gasteiger partial charge in [0.1, 0.15) is 5.75 Å². The van der Waals surface area contributed by atoms with Crippen molar-refractivity contribution in [1.29, 1.82) is 0 Å². The number of carbonyl (C=O) groups is 2. The number of nitrogens with zero attached hydrogens (tertiary/aromatic N) is 2. The number of carbonyl (C=O) groups excluding carboxylic acids is 2. The molecule has 2 rings (SSSR count). The van der Waals surface area contributed by atoms with E-state index in [4.69, 9.17) is 16.3 Å². The standard InChI is InChI=1S/C16H20ClN5O3S/c1-3-4-7-18-15(24)19-13(23)9-26-16-20-14(21-22-16)11-8-10(17)5-6-12(11)25-2/h5-6,8H,3-4,7,9H2,1-2H3,(H,20,21,22)(H2,18,19,23,24). The van der Waals surface area contributed by atoms with E-state index in [0.717, 1.165) is 24.6 Å². The van der Waals surface area contributed by atoms with Crippen LogP contribution in [0.5, 0.6) is 5.75 Å². The monoisotopic (exact) mass is 397 g/mol. The van der Waals surface area contributed by atoms with Gasteiger partial charge in [0.05, 0.1) is 18.4 Å². The van der Waals surface area contributed by atoms with Crippen molar-refractivity contribution in [2.24, 2.45) is 0 Å². The molecule has 0 unspecified atom stereocenters. The first-order valence-corrected chi connectivity index (χ1v) is 9.36. The van der Waals surface area contributed by atoms with E-state index < -0.39 is 11.9 Å². The van der Waals surface area contributed by atoms with Crippen molar-refractivity contribution >= 4 is 35.3 Å². The minimum Gasteiger partial charge on any atom is -0.496 e. The van der Waals surface area contributed by atoms with Crippen LogP contribution >= 0.6 is 23.4 Å². The third-order valence-corrected chi connectivity index (χ3v) is 4.37. The molecule has 0 aliphatic heterocycles. The number of imide groups is 1. The molecule has 0 aliphatic rings. The van der Waals surface area contributed by atoms with Gasteiger partial charge in [-0.2, -0.15) is 0 Å². The number of halogens is 1. The van der Waals surface area contributed by atoms with E-state index in [2.05, 4.69) is 25.8 Å². The van der Waals surface area contributed by atoms with Crippen molar-refractivity contribution in [2.45, 2.75) is 24.9 Å². The largest absolute Gasteiger partial charge is 0.496 e. The first-order valence-electron chi connectivity index (χ1n) is 8.00. The van der Waals surface area contributed by atoms with Crippen molar-refractivity contribution in [3.05, 3.63) is 23.2 Å². The van der Waals surface area contributed by atoms with Crippen molar-refractivity contribution in [3.8, 4) is 17.1 Å². The van der Waals surface area contributed by atoms with Crippen LogP contribution in [0.1, 0.15) is 19.8 Å². The molecule has 1 heterocycles. The maximum atomic E-state index is 11.8. The first-order chi connectivity index (χ1) is 12.5. The van der Waals surface area contributed by atoms with Gasteiger partial charge in [-0.15, -0.1) is 5.10 Å². The minimum atomic E-state index is -0.497. The lowest BCUT2D eigenvalue weighted by molar-refractivity contribution is -0.117. The van der Waals surface area contributed by atoms with Crippen LogP contribution in [0.25, 0.3) is 11.4 Å². The Morgan fingerprint density at radius 3 is 2.92 bits per heavy atom. The molecule has 1 aromatic carbocycles. The average molecular weight is 398 g/mol. The zero-order chi connectivity index (χ0) is 18.9. The second kappa shape index (κ2) is 10.0. The van der Waals surface area contributed by atoms with Crippen LogP contribution in [0, 0.1) is 0 Å². The van der Waals surface area contributed by atoms with Crippen LogP contribution in [0.15, 0.2) is 23.4 Å². The molecule has 3 amide bonds. The lowest BCUT2D eigenvalue weighted by Crippen LogP contribution is -2.40. The summed E-state index contributed by atoms with van der Waals surface area (Å²) in [5, 5.41) is 12.6. The molecule has 10 heteroatoms. The Bertz CT molecular complexity index is 768. The highest BCUT2D eigenvalue weighted by Gasteiger charge is 2.14. The van der Waals surface area contributed by atoms with E-state index in [0.29, 0.717) is 33.9 Å². The third kappa shape index (κ3) is 5.92. The molecule has 0 saturated heterocycles. The number of methoxy groups -OCH3 is 1. The summed E-state index contributed by atoms with van der Waals surface area (Å²) in [4.78, 5) is 27.6. The summed E-state index contributed by atoms with van der Waals surface area (Å²) in [7, 11) is 1.55. The zero-order valence-corrected chi connectivity index (χ0v) is 16.0. The number of nitrogens with one attached hydrogen (secondary N) is 3. The molecule has 140 valence electrons. The van der Waals surface area contributed by atoms with Crippen molar-refractivity contribution in [2.75, 3.05) is 19.4 Å². The molecule has 1 aromatic heterocycles. The number of aromatic amines is 1. The van der Waals surface area contributed by atoms with Crippen molar-refractivity contribution in [3.63, 3.8) is 0 Å². The fraction of sp³-hybridized carbons (Fsp3) is 0.375. The SMILES string of the molecule is CCCCNC(=O)NC(=O)CSc1n[nH]c(-c2cc(Cl)ccc2OC)n1. The number of hydrogen-bond acceptors (Lipinski definition) is 6. The Kier molecular flexibility index (Phi) is 7.73. The van der Waals surface area contributed by atoms with E-state index in [-0.39, 0.29) is 5.75 Å². The molecule has 26 heavy (non-hydrogen) atoms. The topological polar surface area (TPSA) is 109 Å². The minimum absolute atomic E-state index is 0.0190. The second-order valence-electron chi connectivity index (χ2n) is 5.26. The normalized spacial score (nSPS) is 10.4. The Hall–Kier alpha value is -2.26. The maximum absolute atomic E-state index is 11.8. The van der Waals surface area contributed by atoms with Gasteiger partial charge in [0, 0.05) is 11.6 Å². The fourth-order valence-electron chi connectivity index (χ4n) is 2.01. The summed E-state index contributed by atoms with van der Waals surface area (Å²) < 4.78 is 5.28. The summed E-state index contributed by atoms with van der Waals surface area (Å²) >= 11 is 7.13. The predicted octanol–water partition coefficient (Wildman–Crippen LogP) is 2.85. The van der Waals surface area contributed by atoms with Gasteiger partial charge in [-0.3, -0.25) is 15.2 Å². The Labute approximate surface area is 160 Å². The van der Waals surface area contributed by atoms with Crippen molar-refractivity contribution in [1.82, 2.24) is 25.8 Å². The highest BCUT2D eigenvalue weighted by molar-refractivity contribution is 7.99. The molecule has 0 atom stereocenters. The van der Waals surface area contributed by atoms with Crippen LogP contribution in [-0.4, -0.2) is 46.5 Å². The van der Waals surface area contributed by atoms with E-state index in [1.54, 1.807) is 25.3 Å². The number of ether oxygens (including phenoxy) is 1. The van der Waals surface area contributed by atoms with E-state index in [1.807, 2.05) is 6.92 Å². The number of aromatic nitrogens is 3. The molecule has 0 spiro atoms. The van der Waals surface area contributed by atoms with Gasteiger partial charge < -0.3 is 10.1 Å². The number of benzene rings is 1. The van der Waals surface area contributed by atoms with Crippen LogP contribution in [-0.2, 0) is 4.79 Å². The predicted molar refractivity (Wildman–Crippen MR) is 101 cm³/mol. The van der Waals surface area contributed by atoms with Gasteiger partial charge in [0.15, 0.2) is 5.82 Å². The van der Waals surface area contributed by atoms with Gasteiger partial charge in [-0.05, 0) is 24.6 Å². The molecule has 3 N–H and O–H groups in total. The van der Waals surface area contributed by atoms with Crippen molar-refractivity contribution < 1.29 is 14.3 Å². The van der Waals surface area contributed by atoms with Crippen LogP contribution in [0.3, 0.4) is 0 Å². The number of amides is 3. The number of thioether (sulfide) groups is 1. The van der Waals surface area contributed by atoms with Gasteiger partial charge in [0.25, 0.3) is 0 Å². The maximum Gasteiger partial charge on any atom is 0.321 e. The summed E-state index contributed by atoms with van der Waals surface area (Å²) in [6.07, 6.45) is 1.83. The van der Waals surface area contributed by atoms with Crippen LogP contribution < -0.4 is 15.4 Å². The van der Waals surface area contributed by atoms with Gasteiger partial charge >= 0.3 is 6.03 Å². The first kappa shape index (κ1) is 20.1. The summed E-state index contributed by atoms with van der Waals surface area (Å²) in [6, 6.07) is 4.66. The number of rotatable bonds is 8. The zero-order valence-electron chi connectivity index (χ0n) is 14.5. The highest BCUT2D eigenvalue weighted by atomic mass is 35.5. The third-order valence-electron chi connectivity index (χ3n) is 3.28. The number of hydrogen-bond donors (Lipinski definition) is 3. The van der Waals surface area contributed by atoms with Crippen LogP contribution in [0.4, 0.5) is 4.79 Å². The molecule has 0 bridgehead atoms.